The molecule has 0 fully saturated rings. The van der Waals surface area contributed by atoms with Gasteiger partial charge in [-0.3, -0.25) is 0 Å². The maximum Gasteiger partial charge on any atom is 0.0751 e. The Labute approximate surface area is 60.2 Å². The van der Waals surface area contributed by atoms with Crippen molar-refractivity contribution in [1.29, 1.82) is 0 Å². The van der Waals surface area contributed by atoms with Gasteiger partial charge < -0.3 is 8.68 Å². The normalized spacial score (nSPS) is 9.75. The molecule has 0 aliphatic carbocycles. The fourth-order valence-electron chi connectivity index (χ4n) is 0. The van der Waals surface area contributed by atoms with Crippen LogP contribution in [0.1, 0.15) is 6.92 Å². The molecule has 0 heterocycles. The highest BCUT2D eigenvalue weighted by molar-refractivity contribution is 9.04. The van der Waals surface area contributed by atoms with Crippen molar-refractivity contribution in [2.45, 2.75) is 6.92 Å². The zero-order valence-corrected chi connectivity index (χ0v) is 7.53. The minimum absolute atomic E-state index is 1.07. The summed E-state index contributed by atoms with van der Waals surface area (Å²) in [6, 6.07) is 0. The molecule has 8 heavy (non-hydrogen) atoms. The number of hydrogen-bond donors (Lipinski definition) is 0. The molecule has 0 aliphatic rings. The second-order valence-corrected chi connectivity index (χ2v) is 2.61. The van der Waals surface area contributed by atoms with Gasteiger partial charge in [-0.05, 0) is 6.92 Å². The van der Waals surface area contributed by atoms with Crippen LogP contribution in [0.3, 0.4) is 0 Å². The molecule has 0 amide bonds. The van der Waals surface area contributed by atoms with Crippen LogP contribution in [0.4, 0.5) is 0 Å². The van der Waals surface area contributed by atoms with Crippen LogP contribution in [0.5, 0.6) is 0 Å². The number of hydrogen-bond acceptors (Lipinski definition) is 1. The lowest BCUT2D eigenvalue weighted by atomic mass is 10.6. The van der Waals surface area contributed by atoms with E-state index in [1.54, 1.807) is 16.3 Å². The standard InChI is InChI=1S/C5H14N.BrO/c1-5-6(2,3)4;1-2/h5H2,1-4H3;/q+1;-1. The lowest BCUT2D eigenvalue weighted by Crippen LogP contribution is -2.33. The third-order valence-electron chi connectivity index (χ3n) is 0.949. The minimum Gasteiger partial charge on any atom is -0.791 e. The van der Waals surface area contributed by atoms with Gasteiger partial charge in [-0.25, -0.2) is 16.3 Å². The highest BCUT2D eigenvalue weighted by atomic mass is 79.9. The van der Waals surface area contributed by atoms with Gasteiger partial charge in [0.1, 0.15) is 0 Å². The third kappa shape index (κ3) is 16.1. The van der Waals surface area contributed by atoms with E-state index in [1.165, 1.54) is 6.54 Å². The Morgan fingerprint density at radius 3 is 1.38 bits per heavy atom. The van der Waals surface area contributed by atoms with Crippen LogP contribution in [-0.2, 0) is 0 Å². The molecule has 0 saturated heterocycles. The summed E-state index contributed by atoms with van der Waals surface area (Å²) in [5.41, 5.74) is 0. The molecule has 3 heteroatoms. The van der Waals surface area contributed by atoms with Crippen LogP contribution in [0.25, 0.3) is 0 Å². The highest BCUT2D eigenvalue weighted by Crippen LogP contribution is 1.83. The third-order valence-corrected chi connectivity index (χ3v) is 0.949. The number of rotatable bonds is 1. The quantitative estimate of drug-likeness (QED) is 0.540. The summed E-state index contributed by atoms with van der Waals surface area (Å²) in [5.74, 6) is 0. The molecule has 52 valence electrons. The van der Waals surface area contributed by atoms with E-state index < -0.39 is 0 Å². The molecular formula is C5H14BrNO. The predicted octanol–water partition coefficient (Wildman–Crippen LogP) is 0.369. The monoisotopic (exact) mass is 183 g/mol. The predicted molar refractivity (Wildman–Crippen MR) is 37.5 cm³/mol. The molecule has 0 rings (SSSR count). The van der Waals surface area contributed by atoms with Gasteiger partial charge in [0, 0.05) is 0 Å². The molecule has 0 aliphatic heterocycles. The number of quaternary nitrogens is 1. The molecule has 0 aromatic heterocycles. The summed E-state index contributed by atoms with van der Waals surface area (Å²) in [6.07, 6.45) is 0. The highest BCUT2D eigenvalue weighted by Gasteiger charge is 1.97. The van der Waals surface area contributed by atoms with Gasteiger partial charge in [-0.1, -0.05) is 0 Å². The van der Waals surface area contributed by atoms with Crippen molar-refractivity contribution in [3.63, 3.8) is 0 Å². The van der Waals surface area contributed by atoms with Crippen LogP contribution < -0.4 is 4.20 Å². The van der Waals surface area contributed by atoms with E-state index >= 15 is 0 Å². The molecule has 0 bridgehead atoms. The zero-order valence-electron chi connectivity index (χ0n) is 5.94. The van der Waals surface area contributed by atoms with Crippen LogP contribution in [0, 0.1) is 0 Å². The Bertz CT molecular complexity index is 42.2. The lowest BCUT2D eigenvalue weighted by molar-refractivity contribution is -0.868. The average Bonchev–Trinajstić information content (AvgIpc) is 1.71. The topological polar surface area (TPSA) is 23.1 Å². The largest absolute Gasteiger partial charge is 0.791 e. The van der Waals surface area contributed by atoms with Crippen molar-refractivity contribution >= 4 is 16.3 Å². The molecule has 0 aromatic carbocycles. The van der Waals surface area contributed by atoms with E-state index in [4.69, 9.17) is 4.20 Å². The van der Waals surface area contributed by atoms with E-state index in [-0.39, 0.29) is 0 Å². The Morgan fingerprint density at radius 2 is 1.38 bits per heavy atom. The Morgan fingerprint density at radius 1 is 1.25 bits per heavy atom. The number of halogens is 1. The van der Waals surface area contributed by atoms with Gasteiger partial charge in [0.25, 0.3) is 0 Å². The van der Waals surface area contributed by atoms with Crippen LogP contribution in [-0.4, -0.2) is 32.2 Å². The Balaban J connectivity index is 0. The molecule has 0 saturated carbocycles. The van der Waals surface area contributed by atoms with Crippen molar-refractivity contribution in [1.82, 2.24) is 0 Å². The first-order valence-corrected chi connectivity index (χ1v) is 3.17. The number of nitrogens with zero attached hydrogens (tertiary/aromatic N) is 1. The smallest absolute Gasteiger partial charge is 0.0751 e. The fourth-order valence-corrected chi connectivity index (χ4v) is 0. The molecule has 0 N–H and O–H groups in total. The summed E-state index contributed by atoms with van der Waals surface area (Å²) in [5, 5.41) is 0. The molecule has 2 nitrogen and oxygen atoms in total. The van der Waals surface area contributed by atoms with Gasteiger partial charge in [-0.2, -0.15) is 0 Å². The van der Waals surface area contributed by atoms with Crippen molar-refractivity contribution < 1.29 is 8.68 Å². The van der Waals surface area contributed by atoms with E-state index in [2.05, 4.69) is 28.1 Å². The van der Waals surface area contributed by atoms with E-state index in [0.29, 0.717) is 0 Å². The first kappa shape index (κ1) is 11.2. The van der Waals surface area contributed by atoms with Gasteiger partial charge in [0.2, 0.25) is 0 Å². The Hall–Kier alpha value is 0.400. The molecule has 0 aromatic rings. The maximum absolute atomic E-state index is 8.06. The van der Waals surface area contributed by atoms with Crippen LogP contribution in [0.15, 0.2) is 0 Å². The van der Waals surface area contributed by atoms with Gasteiger partial charge in [0.15, 0.2) is 0 Å². The molecule has 0 spiro atoms. The van der Waals surface area contributed by atoms with Crippen molar-refractivity contribution in [2.75, 3.05) is 27.7 Å². The first-order valence-electron chi connectivity index (χ1n) is 2.52. The fraction of sp³-hybridized carbons (Fsp3) is 1.00. The summed E-state index contributed by atoms with van der Waals surface area (Å²) in [4.78, 5) is 0. The first-order chi connectivity index (χ1) is 3.56. The minimum atomic E-state index is 1.07. The van der Waals surface area contributed by atoms with Crippen molar-refractivity contribution in [2.24, 2.45) is 0 Å². The summed E-state index contributed by atoms with van der Waals surface area (Å²) < 4.78 is 9.13. The zero-order chi connectivity index (χ0) is 7.21. The summed E-state index contributed by atoms with van der Waals surface area (Å²) >= 11 is 1.69. The SMILES string of the molecule is CC[N+](C)(C)C.[O-]Br. The van der Waals surface area contributed by atoms with E-state index in [0.717, 1.165) is 4.48 Å². The maximum atomic E-state index is 8.06. The van der Waals surface area contributed by atoms with Crippen LogP contribution >= 0.6 is 16.3 Å². The van der Waals surface area contributed by atoms with Crippen LogP contribution in [0.2, 0.25) is 0 Å². The second-order valence-electron chi connectivity index (χ2n) is 2.61. The van der Waals surface area contributed by atoms with Gasteiger partial charge in [0.05, 0.1) is 27.7 Å². The summed E-state index contributed by atoms with van der Waals surface area (Å²) in [7, 11) is 6.54. The van der Waals surface area contributed by atoms with Gasteiger partial charge in [-0.15, -0.1) is 0 Å². The molecular weight excluding hydrogens is 170 g/mol. The lowest BCUT2D eigenvalue weighted by Gasteiger charge is -2.20. The van der Waals surface area contributed by atoms with E-state index in [1.807, 2.05) is 0 Å². The van der Waals surface area contributed by atoms with Crippen molar-refractivity contribution in [3.05, 3.63) is 0 Å². The molecule has 0 atom stereocenters. The van der Waals surface area contributed by atoms with E-state index in [9.17, 15) is 0 Å². The molecule has 0 radical (unpaired) electrons. The van der Waals surface area contributed by atoms with Crippen molar-refractivity contribution in [3.8, 4) is 0 Å². The molecule has 0 unspecified atom stereocenters. The summed E-state index contributed by atoms with van der Waals surface area (Å²) in [6.45, 7) is 3.39. The van der Waals surface area contributed by atoms with Gasteiger partial charge >= 0.3 is 0 Å². The second kappa shape index (κ2) is 5.54. The average molecular weight is 184 g/mol. The Kier molecular flexibility index (Phi) is 7.77.